The summed E-state index contributed by atoms with van der Waals surface area (Å²) in [6.07, 6.45) is 0.603. The van der Waals surface area contributed by atoms with Gasteiger partial charge in [-0.2, -0.15) is 0 Å². The predicted molar refractivity (Wildman–Crippen MR) is 75.2 cm³/mol. The van der Waals surface area contributed by atoms with Crippen molar-refractivity contribution in [1.82, 2.24) is 4.90 Å². The zero-order valence-electron chi connectivity index (χ0n) is 10.7. The van der Waals surface area contributed by atoms with Gasteiger partial charge in [-0.15, -0.1) is 0 Å². The van der Waals surface area contributed by atoms with Gasteiger partial charge in [0, 0.05) is 36.4 Å². The maximum Gasteiger partial charge on any atom is 0.335 e. The van der Waals surface area contributed by atoms with Crippen molar-refractivity contribution in [3.63, 3.8) is 0 Å². The third-order valence-corrected chi connectivity index (χ3v) is 4.19. The van der Waals surface area contributed by atoms with Crippen molar-refractivity contribution in [2.45, 2.75) is 19.9 Å². The summed E-state index contributed by atoms with van der Waals surface area (Å²) in [4.78, 5) is 24.6. The summed E-state index contributed by atoms with van der Waals surface area (Å²) in [5.41, 5.74) is 1.32. The summed E-state index contributed by atoms with van der Waals surface area (Å²) in [6.45, 7) is 4.23. The molecule has 1 unspecified atom stereocenters. The molecule has 0 radical (unpaired) electrons. The van der Waals surface area contributed by atoms with Gasteiger partial charge in [-0.1, -0.05) is 28.9 Å². The molecular weight excluding hydrogens is 310 g/mol. The highest BCUT2D eigenvalue weighted by atomic mass is 79.9. The Kier molecular flexibility index (Phi) is 4.37. The number of carboxylic acid groups (broad SMARTS) is 1. The summed E-state index contributed by atoms with van der Waals surface area (Å²) >= 11 is 3.41. The monoisotopic (exact) mass is 325 g/mol. The summed E-state index contributed by atoms with van der Waals surface area (Å²) < 4.78 is 0.803. The van der Waals surface area contributed by atoms with Gasteiger partial charge in [-0.05, 0) is 17.7 Å². The topological polar surface area (TPSA) is 57.6 Å². The van der Waals surface area contributed by atoms with Crippen molar-refractivity contribution < 1.29 is 14.7 Å². The lowest BCUT2D eigenvalue weighted by atomic mass is 9.98. The minimum Gasteiger partial charge on any atom is -0.478 e. The van der Waals surface area contributed by atoms with Gasteiger partial charge in [0.15, 0.2) is 0 Å². The Labute approximate surface area is 120 Å². The molecule has 5 heteroatoms. The van der Waals surface area contributed by atoms with Gasteiger partial charge in [-0.25, -0.2) is 4.79 Å². The number of halogens is 1. The molecule has 1 heterocycles. The van der Waals surface area contributed by atoms with Crippen LogP contribution in [0.1, 0.15) is 29.3 Å². The number of nitrogens with zero attached hydrogens (tertiary/aromatic N) is 1. The minimum atomic E-state index is -0.926. The van der Waals surface area contributed by atoms with E-state index < -0.39 is 5.97 Å². The van der Waals surface area contributed by atoms with E-state index in [-0.39, 0.29) is 11.5 Å². The van der Waals surface area contributed by atoms with E-state index in [9.17, 15) is 9.59 Å². The molecule has 0 amide bonds. The Bertz CT molecular complexity index is 515. The van der Waals surface area contributed by atoms with E-state index in [2.05, 4.69) is 20.8 Å². The van der Waals surface area contributed by atoms with Crippen LogP contribution in [0.5, 0.6) is 0 Å². The molecule has 4 nitrogen and oxygen atoms in total. The second-order valence-corrected chi connectivity index (χ2v) is 5.82. The second-order valence-electron chi connectivity index (χ2n) is 4.96. The van der Waals surface area contributed by atoms with Crippen LogP contribution in [-0.4, -0.2) is 34.8 Å². The molecule has 1 N–H and O–H groups in total. The zero-order valence-corrected chi connectivity index (χ0v) is 12.3. The highest BCUT2D eigenvalue weighted by Crippen LogP contribution is 2.22. The van der Waals surface area contributed by atoms with Gasteiger partial charge in [-0.3, -0.25) is 9.69 Å². The quantitative estimate of drug-likeness (QED) is 0.927. The summed E-state index contributed by atoms with van der Waals surface area (Å²) in [6, 6.07) is 5.06. The number of rotatable bonds is 3. The highest BCUT2D eigenvalue weighted by molar-refractivity contribution is 9.10. The third kappa shape index (κ3) is 3.42. The Morgan fingerprint density at radius 1 is 1.53 bits per heavy atom. The van der Waals surface area contributed by atoms with Crippen LogP contribution in [0.15, 0.2) is 22.7 Å². The molecule has 102 valence electrons. The lowest BCUT2D eigenvalue weighted by molar-refractivity contribution is -0.125. The molecule has 1 aliphatic heterocycles. The number of carbonyl (C=O) groups is 2. The van der Waals surface area contributed by atoms with Crippen molar-refractivity contribution >= 4 is 27.7 Å². The van der Waals surface area contributed by atoms with Crippen molar-refractivity contribution in [3.05, 3.63) is 33.8 Å². The van der Waals surface area contributed by atoms with Gasteiger partial charge in [0.1, 0.15) is 5.78 Å². The zero-order chi connectivity index (χ0) is 14.0. The summed E-state index contributed by atoms with van der Waals surface area (Å²) in [7, 11) is 0. The predicted octanol–water partition coefficient (Wildman–Crippen LogP) is 2.56. The van der Waals surface area contributed by atoms with Crippen LogP contribution in [0.4, 0.5) is 0 Å². The minimum absolute atomic E-state index is 0.0887. The average Bonchev–Trinajstić information content (AvgIpc) is 2.36. The number of carbonyl (C=O) groups excluding carboxylic acids is 1. The van der Waals surface area contributed by atoms with Gasteiger partial charge in [0.05, 0.1) is 5.56 Å². The molecule has 1 saturated heterocycles. The number of piperidine rings is 1. The van der Waals surface area contributed by atoms with Crippen LogP contribution in [0.25, 0.3) is 0 Å². The molecule has 2 rings (SSSR count). The SMILES string of the molecule is CC1CN(Cc2ccc(C(=O)O)cc2Br)CCC1=O. The molecular formula is C14H16BrNO3. The average molecular weight is 326 g/mol. The van der Waals surface area contributed by atoms with Crippen LogP contribution < -0.4 is 0 Å². The number of hydrogen-bond acceptors (Lipinski definition) is 3. The summed E-state index contributed by atoms with van der Waals surface area (Å²) in [5.74, 6) is -0.508. The number of hydrogen-bond donors (Lipinski definition) is 1. The van der Waals surface area contributed by atoms with Crippen LogP contribution in [0.3, 0.4) is 0 Å². The fourth-order valence-corrected chi connectivity index (χ4v) is 2.79. The first kappa shape index (κ1) is 14.2. The van der Waals surface area contributed by atoms with Crippen LogP contribution in [0, 0.1) is 5.92 Å². The largest absolute Gasteiger partial charge is 0.478 e. The Hall–Kier alpha value is -1.20. The number of likely N-dealkylation sites (tertiary alicyclic amines) is 1. The van der Waals surface area contributed by atoms with E-state index in [0.717, 1.165) is 29.7 Å². The maximum absolute atomic E-state index is 11.5. The van der Waals surface area contributed by atoms with E-state index in [1.165, 1.54) is 0 Å². The maximum atomic E-state index is 11.5. The Balaban J connectivity index is 2.07. The molecule has 1 fully saturated rings. The fraction of sp³-hybridized carbons (Fsp3) is 0.429. The molecule has 0 aliphatic carbocycles. The van der Waals surface area contributed by atoms with Crippen molar-refractivity contribution in [3.8, 4) is 0 Å². The van der Waals surface area contributed by atoms with Crippen LogP contribution in [-0.2, 0) is 11.3 Å². The van der Waals surface area contributed by atoms with Gasteiger partial charge in [0.25, 0.3) is 0 Å². The first-order valence-corrected chi connectivity index (χ1v) is 7.03. The Morgan fingerprint density at radius 3 is 2.84 bits per heavy atom. The summed E-state index contributed by atoms with van der Waals surface area (Å²) in [5, 5.41) is 8.92. The van der Waals surface area contributed by atoms with E-state index in [4.69, 9.17) is 5.11 Å². The molecule has 0 aromatic heterocycles. The molecule has 1 aromatic rings. The fourth-order valence-electron chi connectivity index (χ4n) is 2.29. The van der Waals surface area contributed by atoms with Gasteiger partial charge >= 0.3 is 5.97 Å². The first-order valence-electron chi connectivity index (χ1n) is 6.24. The molecule has 1 atom stereocenters. The van der Waals surface area contributed by atoms with E-state index in [1.807, 2.05) is 13.0 Å². The molecule has 1 aromatic carbocycles. The number of ketones is 1. The lowest BCUT2D eigenvalue weighted by Crippen LogP contribution is -2.39. The van der Waals surface area contributed by atoms with E-state index in [0.29, 0.717) is 12.2 Å². The Morgan fingerprint density at radius 2 is 2.26 bits per heavy atom. The van der Waals surface area contributed by atoms with Gasteiger partial charge < -0.3 is 5.11 Å². The number of aromatic carboxylic acids is 1. The first-order chi connectivity index (χ1) is 8.97. The third-order valence-electron chi connectivity index (χ3n) is 3.45. The van der Waals surface area contributed by atoms with E-state index >= 15 is 0 Å². The molecule has 0 spiro atoms. The number of benzene rings is 1. The van der Waals surface area contributed by atoms with Crippen LogP contribution >= 0.6 is 15.9 Å². The van der Waals surface area contributed by atoms with Crippen LogP contribution in [0.2, 0.25) is 0 Å². The highest BCUT2D eigenvalue weighted by Gasteiger charge is 2.23. The van der Waals surface area contributed by atoms with Gasteiger partial charge in [0.2, 0.25) is 0 Å². The second kappa shape index (κ2) is 5.84. The standard InChI is InChI=1S/C14H16BrNO3/c1-9-7-16(5-4-13(9)17)8-11-3-2-10(14(18)19)6-12(11)15/h2-3,6,9H,4-5,7-8H2,1H3,(H,18,19). The van der Waals surface area contributed by atoms with E-state index in [1.54, 1.807) is 12.1 Å². The van der Waals surface area contributed by atoms with Crippen molar-refractivity contribution in [2.75, 3.05) is 13.1 Å². The normalized spacial score (nSPS) is 20.5. The molecule has 19 heavy (non-hydrogen) atoms. The van der Waals surface area contributed by atoms with Crippen molar-refractivity contribution in [2.24, 2.45) is 5.92 Å². The smallest absolute Gasteiger partial charge is 0.335 e. The molecule has 0 bridgehead atoms. The number of Topliss-reactive ketones (excluding diaryl/α,β-unsaturated/α-hetero) is 1. The van der Waals surface area contributed by atoms with Crippen molar-refractivity contribution in [1.29, 1.82) is 0 Å². The molecule has 0 saturated carbocycles. The molecule has 1 aliphatic rings. The number of carboxylic acids is 1. The lowest BCUT2D eigenvalue weighted by Gasteiger charge is -2.30.